The fourth-order valence-corrected chi connectivity index (χ4v) is 7.82. The predicted octanol–water partition coefficient (Wildman–Crippen LogP) is 9.97. The van der Waals surface area contributed by atoms with Gasteiger partial charge in [-0.05, 0) is 84.8 Å². The number of pyridine rings is 1. The Balaban J connectivity index is 2.00. The molecule has 2 aliphatic rings. The topological polar surface area (TPSA) is 42.4 Å². The van der Waals surface area contributed by atoms with Gasteiger partial charge in [-0.3, -0.25) is 4.98 Å². The van der Waals surface area contributed by atoms with Crippen LogP contribution in [-0.4, -0.2) is 18.4 Å². The van der Waals surface area contributed by atoms with E-state index in [1.54, 1.807) is 0 Å². The quantitative estimate of drug-likeness (QED) is 0.346. The molecule has 0 aliphatic heterocycles. The van der Waals surface area contributed by atoms with E-state index in [1.807, 2.05) is 13.8 Å². The van der Waals surface area contributed by atoms with E-state index in [2.05, 4.69) is 53.8 Å². The van der Waals surface area contributed by atoms with E-state index in [4.69, 9.17) is 9.41 Å². The molecule has 2 heterocycles. The van der Waals surface area contributed by atoms with Crippen molar-refractivity contribution in [3.63, 3.8) is 0 Å². The number of allylic oxidation sites excluding steroid dienone is 2. The SMILES string of the molecule is CC(C)c1nc2c(c(C3=CCCC3)c1C(O)c1ccc(C(F)(F)F)s1)C(O[Si](C)(C)C(C)(C)C)CC(C)(C)C2. The maximum Gasteiger partial charge on any atom is 0.425 e. The number of fused-ring (bicyclic) bond motifs is 1. The number of hydrogen-bond donors (Lipinski definition) is 1. The molecular formula is C31H44F3NO2SSi. The molecule has 0 saturated heterocycles. The molecule has 0 amide bonds. The second-order valence-electron chi connectivity index (χ2n) is 13.9. The van der Waals surface area contributed by atoms with Crippen LogP contribution in [0.4, 0.5) is 13.2 Å². The molecule has 0 radical (unpaired) electrons. The largest absolute Gasteiger partial charge is 0.425 e. The summed E-state index contributed by atoms with van der Waals surface area (Å²) in [5.74, 6) is -0.00690. The smallest absolute Gasteiger partial charge is 0.410 e. The van der Waals surface area contributed by atoms with Crippen LogP contribution in [0, 0.1) is 5.41 Å². The number of alkyl halides is 3. The van der Waals surface area contributed by atoms with E-state index in [9.17, 15) is 18.3 Å². The summed E-state index contributed by atoms with van der Waals surface area (Å²) in [6, 6.07) is 2.49. The van der Waals surface area contributed by atoms with Crippen molar-refractivity contribution in [3.8, 4) is 0 Å². The van der Waals surface area contributed by atoms with Crippen LogP contribution in [0.15, 0.2) is 18.2 Å². The first kappa shape index (κ1) is 30.5. The predicted molar refractivity (Wildman–Crippen MR) is 157 cm³/mol. The first-order chi connectivity index (χ1) is 17.8. The Morgan fingerprint density at radius 2 is 1.82 bits per heavy atom. The Labute approximate surface area is 237 Å². The normalized spacial score (nSPS) is 20.8. The first-order valence-corrected chi connectivity index (χ1v) is 17.8. The van der Waals surface area contributed by atoms with Gasteiger partial charge < -0.3 is 9.53 Å². The van der Waals surface area contributed by atoms with Crippen LogP contribution in [0.25, 0.3) is 5.57 Å². The van der Waals surface area contributed by atoms with Crippen molar-refractivity contribution < 1.29 is 22.7 Å². The minimum atomic E-state index is -4.44. The number of nitrogens with zero attached hydrogens (tertiary/aromatic N) is 1. The average molecular weight is 580 g/mol. The summed E-state index contributed by atoms with van der Waals surface area (Å²) in [5, 5.41) is 11.9. The third-order valence-corrected chi connectivity index (χ3v) is 14.4. The van der Waals surface area contributed by atoms with Gasteiger partial charge in [0.15, 0.2) is 8.32 Å². The summed E-state index contributed by atoms with van der Waals surface area (Å²) in [6.07, 6.45) is 0.912. The van der Waals surface area contributed by atoms with Crippen molar-refractivity contribution in [1.29, 1.82) is 0 Å². The van der Waals surface area contributed by atoms with Gasteiger partial charge in [-0.25, -0.2) is 0 Å². The second kappa shape index (κ2) is 10.4. The number of aliphatic hydroxyl groups excluding tert-OH is 1. The van der Waals surface area contributed by atoms with Crippen molar-refractivity contribution in [2.24, 2.45) is 5.41 Å². The molecule has 0 aromatic carbocycles. The zero-order valence-electron chi connectivity index (χ0n) is 24.8. The maximum absolute atomic E-state index is 13.5. The highest BCUT2D eigenvalue weighted by atomic mass is 32.1. The fraction of sp³-hybridized carbons (Fsp3) is 0.645. The molecule has 216 valence electrons. The lowest BCUT2D eigenvalue weighted by atomic mass is 9.71. The Kier molecular flexibility index (Phi) is 8.14. The number of aromatic nitrogens is 1. The van der Waals surface area contributed by atoms with E-state index >= 15 is 0 Å². The number of halogens is 3. The van der Waals surface area contributed by atoms with Crippen molar-refractivity contribution in [3.05, 3.63) is 56.0 Å². The molecule has 8 heteroatoms. The van der Waals surface area contributed by atoms with E-state index in [-0.39, 0.29) is 22.5 Å². The van der Waals surface area contributed by atoms with Crippen LogP contribution in [0.2, 0.25) is 18.1 Å². The van der Waals surface area contributed by atoms with Crippen LogP contribution in [0.3, 0.4) is 0 Å². The summed E-state index contributed by atoms with van der Waals surface area (Å²) in [6.45, 7) is 19.8. The summed E-state index contributed by atoms with van der Waals surface area (Å²) >= 11 is 0.619. The highest BCUT2D eigenvalue weighted by molar-refractivity contribution is 7.12. The van der Waals surface area contributed by atoms with E-state index in [0.717, 1.165) is 60.7 Å². The molecule has 2 atom stereocenters. The Bertz CT molecular complexity index is 1250. The van der Waals surface area contributed by atoms with Crippen molar-refractivity contribution >= 4 is 25.2 Å². The van der Waals surface area contributed by atoms with Gasteiger partial charge in [0, 0.05) is 27.4 Å². The third-order valence-electron chi connectivity index (χ3n) is 8.69. The summed E-state index contributed by atoms with van der Waals surface area (Å²) in [5.41, 5.74) is 5.64. The van der Waals surface area contributed by atoms with Crippen LogP contribution < -0.4 is 0 Å². The standard InChI is InChI=1S/C31H44F3NO2SSi/c1-18(2)27-26(28(36)22-14-15-23(38-22)31(32,33)34)24(19-12-10-11-13-19)25-20(35-27)16-30(6,7)17-21(25)37-39(8,9)29(3,4)5/h12,14-15,18,21,28,36H,10-11,13,16-17H2,1-9H3. The molecule has 0 fully saturated rings. The van der Waals surface area contributed by atoms with Crippen LogP contribution in [0.1, 0.15) is 130 Å². The summed E-state index contributed by atoms with van der Waals surface area (Å²) in [7, 11) is -2.18. The third kappa shape index (κ3) is 6.09. The lowest BCUT2D eigenvalue weighted by Gasteiger charge is -2.45. The zero-order valence-corrected chi connectivity index (χ0v) is 26.7. The van der Waals surface area contributed by atoms with Crippen molar-refractivity contribution in [2.45, 2.75) is 123 Å². The molecule has 2 aromatic rings. The summed E-state index contributed by atoms with van der Waals surface area (Å²) < 4.78 is 47.6. The van der Waals surface area contributed by atoms with Gasteiger partial charge >= 0.3 is 6.18 Å². The summed E-state index contributed by atoms with van der Waals surface area (Å²) in [4.78, 5) is 4.81. The lowest BCUT2D eigenvalue weighted by Crippen LogP contribution is -2.44. The Hall–Kier alpha value is -1.48. The average Bonchev–Trinajstić information content (AvgIpc) is 3.47. The molecule has 0 bridgehead atoms. The minimum absolute atomic E-state index is 0.00690. The van der Waals surface area contributed by atoms with Crippen LogP contribution >= 0.6 is 11.3 Å². The van der Waals surface area contributed by atoms with Gasteiger partial charge in [0.1, 0.15) is 11.0 Å². The van der Waals surface area contributed by atoms with Crippen LogP contribution in [-0.2, 0) is 17.0 Å². The minimum Gasteiger partial charge on any atom is -0.410 e. The first-order valence-electron chi connectivity index (χ1n) is 14.1. The molecule has 0 saturated carbocycles. The van der Waals surface area contributed by atoms with Crippen LogP contribution in [0.5, 0.6) is 0 Å². The van der Waals surface area contributed by atoms with Gasteiger partial charge in [0.25, 0.3) is 0 Å². The molecule has 2 aromatic heterocycles. The highest BCUT2D eigenvalue weighted by Crippen LogP contribution is 2.52. The monoisotopic (exact) mass is 579 g/mol. The number of aliphatic hydroxyl groups is 1. The maximum atomic E-state index is 13.5. The van der Waals surface area contributed by atoms with Gasteiger partial charge in [-0.1, -0.05) is 54.5 Å². The van der Waals surface area contributed by atoms with E-state index < -0.39 is 25.5 Å². The van der Waals surface area contributed by atoms with Gasteiger partial charge in [-0.2, -0.15) is 13.2 Å². The van der Waals surface area contributed by atoms with Crippen molar-refractivity contribution in [1.82, 2.24) is 4.98 Å². The molecular weight excluding hydrogens is 535 g/mol. The Morgan fingerprint density at radius 3 is 2.33 bits per heavy atom. The number of rotatable bonds is 6. The zero-order chi connectivity index (χ0) is 29.1. The lowest BCUT2D eigenvalue weighted by molar-refractivity contribution is -0.134. The second-order valence-corrected chi connectivity index (χ2v) is 19.8. The molecule has 2 unspecified atom stereocenters. The Morgan fingerprint density at radius 1 is 1.15 bits per heavy atom. The molecule has 2 aliphatic carbocycles. The molecule has 39 heavy (non-hydrogen) atoms. The number of thiophene rings is 1. The fourth-order valence-electron chi connectivity index (χ4n) is 5.68. The van der Waals surface area contributed by atoms with E-state index in [0.29, 0.717) is 21.8 Å². The molecule has 1 N–H and O–H groups in total. The molecule has 4 rings (SSSR count). The van der Waals surface area contributed by atoms with Gasteiger partial charge in [-0.15, -0.1) is 11.3 Å². The van der Waals surface area contributed by atoms with Gasteiger partial charge in [0.2, 0.25) is 0 Å². The molecule has 3 nitrogen and oxygen atoms in total. The van der Waals surface area contributed by atoms with Crippen molar-refractivity contribution in [2.75, 3.05) is 0 Å². The molecule has 0 spiro atoms. The van der Waals surface area contributed by atoms with Gasteiger partial charge in [0.05, 0.1) is 6.10 Å². The number of hydrogen-bond acceptors (Lipinski definition) is 4. The van der Waals surface area contributed by atoms with E-state index in [1.165, 1.54) is 11.6 Å². The highest BCUT2D eigenvalue weighted by Gasteiger charge is 2.45.